The largest absolute Gasteiger partial charge is 0.368 e. The zero-order valence-corrected chi connectivity index (χ0v) is 17.7. The molecule has 0 N–H and O–H groups in total. The van der Waals surface area contributed by atoms with Crippen molar-refractivity contribution in [3.05, 3.63) is 51.1 Å². The fourth-order valence-electron chi connectivity index (χ4n) is 3.21. The number of fused-ring (bicyclic) bond motifs is 1. The maximum atomic E-state index is 12.6. The molecule has 1 amide bonds. The summed E-state index contributed by atoms with van der Waals surface area (Å²) in [5, 5.41) is 3.78. The number of amides is 1. The van der Waals surface area contributed by atoms with Gasteiger partial charge in [0.15, 0.2) is 5.16 Å². The first-order valence-corrected chi connectivity index (χ1v) is 11.1. The number of thiophene rings is 1. The van der Waals surface area contributed by atoms with Gasteiger partial charge in [0.25, 0.3) is 5.56 Å². The third-order valence-corrected chi connectivity index (χ3v) is 6.85. The number of piperazine rings is 1. The number of carbonyl (C=O) groups excluding carboxylic acids is 1. The molecule has 28 heavy (non-hydrogen) atoms. The van der Waals surface area contributed by atoms with Crippen molar-refractivity contribution in [2.75, 3.05) is 36.8 Å². The lowest BCUT2D eigenvalue weighted by Gasteiger charge is -2.36. The Labute approximate surface area is 175 Å². The van der Waals surface area contributed by atoms with Gasteiger partial charge in [-0.1, -0.05) is 29.4 Å². The smallest absolute Gasteiger partial charge is 0.262 e. The minimum atomic E-state index is -0.0728. The van der Waals surface area contributed by atoms with Crippen LogP contribution in [0.3, 0.4) is 0 Å². The quantitative estimate of drug-likeness (QED) is 0.466. The van der Waals surface area contributed by atoms with Gasteiger partial charge in [0.1, 0.15) is 4.83 Å². The predicted octanol–water partition coefficient (Wildman–Crippen LogP) is 3.09. The molecule has 9 heteroatoms. The second-order valence-electron chi connectivity index (χ2n) is 6.53. The SMILES string of the molecule is Cn1c(SCC(=O)N2CCN(c3cccc(Cl)c3)CC2)nc2sccc2c1=O. The summed E-state index contributed by atoms with van der Waals surface area (Å²) >= 11 is 8.83. The summed E-state index contributed by atoms with van der Waals surface area (Å²) in [5.41, 5.74) is 1.01. The number of carbonyl (C=O) groups is 1. The molecule has 1 saturated heterocycles. The van der Waals surface area contributed by atoms with Crippen LogP contribution in [-0.2, 0) is 11.8 Å². The summed E-state index contributed by atoms with van der Waals surface area (Å²) in [6, 6.07) is 9.56. The first-order chi connectivity index (χ1) is 13.5. The fourth-order valence-corrected chi connectivity index (χ4v) is 5.08. The minimum absolute atomic E-state index is 0.0660. The van der Waals surface area contributed by atoms with Crippen LogP contribution in [0.4, 0.5) is 5.69 Å². The molecule has 0 spiro atoms. The van der Waals surface area contributed by atoms with Crippen LogP contribution < -0.4 is 10.5 Å². The fraction of sp³-hybridized carbons (Fsp3) is 0.316. The molecule has 0 saturated carbocycles. The molecular weight excluding hydrogens is 416 g/mol. The first-order valence-electron chi connectivity index (χ1n) is 8.88. The van der Waals surface area contributed by atoms with E-state index in [2.05, 4.69) is 9.88 Å². The lowest BCUT2D eigenvalue weighted by molar-refractivity contribution is -0.128. The van der Waals surface area contributed by atoms with Crippen molar-refractivity contribution in [1.29, 1.82) is 0 Å². The molecule has 4 rings (SSSR count). The Bertz CT molecular complexity index is 1070. The lowest BCUT2D eigenvalue weighted by Crippen LogP contribution is -2.49. The summed E-state index contributed by atoms with van der Waals surface area (Å²) in [6.45, 7) is 2.88. The third kappa shape index (κ3) is 3.90. The number of rotatable bonds is 4. The van der Waals surface area contributed by atoms with Crippen LogP contribution in [0.1, 0.15) is 0 Å². The Kier molecular flexibility index (Phi) is 5.61. The molecule has 146 valence electrons. The van der Waals surface area contributed by atoms with Crippen LogP contribution in [0.2, 0.25) is 5.02 Å². The van der Waals surface area contributed by atoms with E-state index < -0.39 is 0 Å². The van der Waals surface area contributed by atoms with Gasteiger partial charge in [-0.15, -0.1) is 11.3 Å². The van der Waals surface area contributed by atoms with E-state index in [0.717, 1.165) is 18.8 Å². The molecule has 0 bridgehead atoms. The molecule has 3 aromatic rings. The van der Waals surface area contributed by atoms with Gasteiger partial charge >= 0.3 is 0 Å². The zero-order chi connectivity index (χ0) is 19.7. The Morgan fingerprint density at radius 2 is 2.04 bits per heavy atom. The summed E-state index contributed by atoms with van der Waals surface area (Å²) < 4.78 is 1.52. The van der Waals surface area contributed by atoms with Crippen LogP contribution in [0.15, 0.2) is 45.7 Å². The number of halogens is 1. The Morgan fingerprint density at radius 1 is 1.25 bits per heavy atom. The number of hydrogen-bond acceptors (Lipinski definition) is 6. The van der Waals surface area contributed by atoms with Crippen molar-refractivity contribution in [3.8, 4) is 0 Å². The number of thioether (sulfide) groups is 1. The molecule has 0 radical (unpaired) electrons. The molecule has 1 aromatic carbocycles. The molecule has 0 unspecified atom stereocenters. The average molecular weight is 435 g/mol. The molecule has 3 heterocycles. The Balaban J connectivity index is 1.36. The van der Waals surface area contributed by atoms with Crippen LogP contribution in [-0.4, -0.2) is 52.3 Å². The highest BCUT2D eigenvalue weighted by atomic mass is 35.5. The number of nitrogens with zero attached hydrogens (tertiary/aromatic N) is 4. The topological polar surface area (TPSA) is 58.4 Å². The van der Waals surface area contributed by atoms with Crippen LogP contribution in [0.25, 0.3) is 10.2 Å². The van der Waals surface area contributed by atoms with Crippen LogP contribution in [0.5, 0.6) is 0 Å². The summed E-state index contributed by atoms with van der Waals surface area (Å²) in [7, 11) is 1.70. The lowest BCUT2D eigenvalue weighted by atomic mass is 10.2. The van der Waals surface area contributed by atoms with E-state index in [9.17, 15) is 9.59 Å². The number of hydrogen-bond donors (Lipinski definition) is 0. The predicted molar refractivity (Wildman–Crippen MR) is 116 cm³/mol. The highest BCUT2D eigenvalue weighted by molar-refractivity contribution is 7.99. The van der Waals surface area contributed by atoms with Crippen molar-refractivity contribution < 1.29 is 4.79 Å². The summed E-state index contributed by atoms with van der Waals surface area (Å²) in [4.78, 5) is 34.3. The summed E-state index contributed by atoms with van der Waals surface area (Å²) in [6.07, 6.45) is 0. The van der Waals surface area contributed by atoms with Gasteiger partial charge in [0.2, 0.25) is 5.91 Å². The van der Waals surface area contributed by atoms with Gasteiger partial charge in [0.05, 0.1) is 11.1 Å². The standard InChI is InChI=1S/C19H19ClN4O2S2/c1-22-18(26)15-5-10-27-17(15)21-19(22)28-12-16(25)24-8-6-23(7-9-24)14-4-2-3-13(20)11-14/h2-5,10-11H,6-9,12H2,1H3. The van der Waals surface area contributed by atoms with Crippen molar-refractivity contribution in [2.24, 2.45) is 7.05 Å². The monoisotopic (exact) mass is 434 g/mol. The van der Waals surface area contributed by atoms with Gasteiger partial charge in [-0.05, 0) is 29.6 Å². The molecular formula is C19H19ClN4O2S2. The number of aromatic nitrogens is 2. The average Bonchev–Trinajstić information content (AvgIpc) is 3.18. The molecule has 6 nitrogen and oxygen atoms in total. The highest BCUT2D eigenvalue weighted by Crippen LogP contribution is 2.23. The highest BCUT2D eigenvalue weighted by Gasteiger charge is 2.22. The van der Waals surface area contributed by atoms with Gasteiger partial charge in [0, 0.05) is 43.9 Å². The molecule has 1 aliphatic rings. The van der Waals surface area contributed by atoms with Crippen LogP contribution >= 0.6 is 34.7 Å². The summed E-state index contributed by atoms with van der Waals surface area (Å²) in [5.74, 6) is 0.338. The van der Waals surface area contributed by atoms with E-state index in [1.54, 1.807) is 13.1 Å². The third-order valence-electron chi connectivity index (χ3n) is 4.79. The molecule has 0 atom stereocenters. The second kappa shape index (κ2) is 8.14. The Hall–Kier alpha value is -2.03. The number of benzene rings is 1. The van der Waals surface area contributed by atoms with Gasteiger partial charge in [-0.3, -0.25) is 14.2 Å². The van der Waals surface area contributed by atoms with Gasteiger partial charge in [-0.2, -0.15) is 0 Å². The van der Waals surface area contributed by atoms with Crippen LogP contribution in [0, 0.1) is 0 Å². The molecule has 1 fully saturated rings. The Morgan fingerprint density at radius 3 is 2.79 bits per heavy atom. The van der Waals surface area contributed by atoms with Gasteiger partial charge in [-0.25, -0.2) is 4.98 Å². The van der Waals surface area contributed by atoms with Crippen molar-refractivity contribution >= 4 is 56.5 Å². The zero-order valence-electron chi connectivity index (χ0n) is 15.3. The van der Waals surface area contributed by atoms with Crippen molar-refractivity contribution in [2.45, 2.75) is 5.16 Å². The minimum Gasteiger partial charge on any atom is -0.368 e. The van der Waals surface area contributed by atoms with E-state index >= 15 is 0 Å². The molecule has 2 aromatic heterocycles. The van der Waals surface area contributed by atoms with E-state index in [1.165, 1.54) is 27.7 Å². The van der Waals surface area contributed by atoms with E-state index in [4.69, 9.17) is 11.6 Å². The van der Waals surface area contributed by atoms with Gasteiger partial charge < -0.3 is 9.80 Å². The van der Waals surface area contributed by atoms with E-state index in [1.807, 2.05) is 34.5 Å². The van der Waals surface area contributed by atoms with Crippen molar-refractivity contribution in [3.63, 3.8) is 0 Å². The molecule has 1 aliphatic heterocycles. The van der Waals surface area contributed by atoms with Crippen molar-refractivity contribution in [1.82, 2.24) is 14.5 Å². The number of anilines is 1. The second-order valence-corrected chi connectivity index (χ2v) is 8.81. The normalized spacial score (nSPS) is 14.6. The maximum absolute atomic E-state index is 12.6. The van der Waals surface area contributed by atoms with E-state index in [-0.39, 0.29) is 17.2 Å². The molecule has 0 aliphatic carbocycles. The first kappa shape index (κ1) is 19.3. The van der Waals surface area contributed by atoms with E-state index in [0.29, 0.717) is 33.5 Å². The maximum Gasteiger partial charge on any atom is 0.262 e.